The van der Waals surface area contributed by atoms with Crippen LogP contribution < -0.4 is 5.73 Å². The zero-order chi connectivity index (χ0) is 15.2. The van der Waals surface area contributed by atoms with Gasteiger partial charge in [0.1, 0.15) is 12.1 Å². The number of methoxy groups -OCH3 is 1. The van der Waals surface area contributed by atoms with E-state index in [1.165, 1.54) is 7.11 Å². The lowest BCUT2D eigenvalue weighted by Crippen LogP contribution is -2.19. The van der Waals surface area contributed by atoms with Gasteiger partial charge in [-0.05, 0) is 6.42 Å². The lowest BCUT2D eigenvalue weighted by Gasteiger charge is -2.14. The fourth-order valence-corrected chi connectivity index (χ4v) is 1.83. The van der Waals surface area contributed by atoms with Gasteiger partial charge in [-0.2, -0.15) is 4.98 Å². The fraction of sp³-hybridized carbons (Fsp3) is 0.500. The SMILES string of the molecule is COC(=O)OCC(CO)CCn1cnc2cnc(N)nc21. The van der Waals surface area contributed by atoms with Crippen LogP contribution in [0.15, 0.2) is 12.5 Å². The molecule has 0 aliphatic carbocycles. The number of ether oxygens (including phenoxy) is 2. The number of anilines is 1. The maximum atomic E-state index is 10.9. The minimum Gasteiger partial charge on any atom is -0.438 e. The molecule has 0 radical (unpaired) electrons. The van der Waals surface area contributed by atoms with Gasteiger partial charge in [0.2, 0.25) is 5.95 Å². The molecule has 0 spiro atoms. The number of hydrogen-bond acceptors (Lipinski definition) is 8. The van der Waals surface area contributed by atoms with Gasteiger partial charge in [-0.25, -0.2) is 14.8 Å². The van der Waals surface area contributed by atoms with E-state index in [1.807, 2.05) is 4.57 Å². The molecular formula is C12H17N5O4. The average Bonchev–Trinajstić information content (AvgIpc) is 2.89. The zero-order valence-electron chi connectivity index (χ0n) is 11.6. The molecule has 0 aliphatic rings. The second-order valence-corrected chi connectivity index (χ2v) is 4.48. The number of nitrogen functional groups attached to an aromatic ring is 1. The second-order valence-electron chi connectivity index (χ2n) is 4.48. The van der Waals surface area contributed by atoms with E-state index in [0.717, 1.165) is 0 Å². The first kappa shape index (κ1) is 15.0. The Kier molecular flexibility index (Phi) is 4.88. The molecule has 0 amide bonds. The van der Waals surface area contributed by atoms with Crippen LogP contribution in [0.5, 0.6) is 0 Å². The number of nitrogens with zero attached hydrogens (tertiary/aromatic N) is 4. The van der Waals surface area contributed by atoms with Crippen LogP contribution in [-0.2, 0) is 16.0 Å². The number of nitrogens with two attached hydrogens (primary N) is 1. The molecule has 114 valence electrons. The Morgan fingerprint density at radius 2 is 2.33 bits per heavy atom. The molecule has 21 heavy (non-hydrogen) atoms. The first-order valence-electron chi connectivity index (χ1n) is 6.39. The Labute approximate surface area is 120 Å². The van der Waals surface area contributed by atoms with Crippen LogP contribution in [0.1, 0.15) is 6.42 Å². The number of aliphatic hydroxyl groups excluding tert-OH is 1. The maximum absolute atomic E-state index is 10.9. The van der Waals surface area contributed by atoms with Crippen LogP contribution >= 0.6 is 0 Å². The first-order valence-corrected chi connectivity index (χ1v) is 6.39. The van der Waals surface area contributed by atoms with Crippen molar-refractivity contribution in [3.05, 3.63) is 12.5 Å². The van der Waals surface area contributed by atoms with Gasteiger partial charge in [0.05, 0.1) is 19.6 Å². The van der Waals surface area contributed by atoms with Crippen LogP contribution in [0.25, 0.3) is 11.2 Å². The number of aromatic nitrogens is 4. The highest BCUT2D eigenvalue weighted by Crippen LogP contribution is 2.13. The van der Waals surface area contributed by atoms with Gasteiger partial charge >= 0.3 is 6.16 Å². The number of carbonyl (C=O) groups is 1. The largest absolute Gasteiger partial charge is 0.507 e. The topological polar surface area (TPSA) is 125 Å². The van der Waals surface area contributed by atoms with Gasteiger partial charge in [0, 0.05) is 19.1 Å². The molecule has 0 aromatic carbocycles. The first-order chi connectivity index (χ1) is 10.1. The van der Waals surface area contributed by atoms with Crippen LogP contribution in [0.2, 0.25) is 0 Å². The van der Waals surface area contributed by atoms with E-state index in [0.29, 0.717) is 24.1 Å². The molecule has 9 heteroatoms. The Balaban J connectivity index is 1.96. The van der Waals surface area contributed by atoms with E-state index in [-0.39, 0.29) is 25.1 Å². The van der Waals surface area contributed by atoms with Crippen molar-refractivity contribution in [3.63, 3.8) is 0 Å². The molecule has 0 fully saturated rings. The molecule has 0 aliphatic heterocycles. The summed E-state index contributed by atoms with van der Waals surface area (Å²) in [4.78, 5) is 23.1. The third-order valence-corrected chi connectivity index (χ3v) is 3.02. The van der Waals surface area contributed by atoms with Crippen LogP contribution in [0, 0.1) is 5.92 Å². The smallest absolute Gasteiger partial charge is 0.438 e. The molecule has 2 heterocycles. The van der Waals surface area contributed by atoms with Gasteiger partial charge in [-0.15, -0.1) is 0 Å². The summed E-state index contributed by atoms with van der Waals surface area (Å²) in [6.45, 7) is 0.552. The molecule has 0 saturated heterocycles. The number of rotatable bonds is 6. The van der Waals surface area contributed by atoms with E-state index in [4.69, 9.17) is 10.5 Å². The molecule has 1 unspecified atom stereocenters. The lowest BCUT2D eigenvalue weighted by molar-refractivity contribution is 0.0474. The number of carbonyl (C=O) groups excluding carboxylic acids is 1. The Morgan fingerprint density at radius 3 is 3.05 bits per heavy atom. The number of hydrogen-bond donors (Lipinski definition) is 2. The minimum atomic E-state index is -0.762. The van der Waals surface area contributed by atoms with Gasteiger partial charge in [0.15, 0.2) is 5.65 Å². The van der Waals surface area contributed by atoms with E-state index >= 15 is 0 Å². The third kappa shape index (κ3) is 3.78. The standard InChI is InChI=1S/C12H17N5O4/c1-20-12(19)21-6-8(5-18)2-3-17-7-15-9-4-14-11(13)16-10(9)17/h4,7-8,18H,2-3,5-6H2,1H3,(H2,13,14,16). The van der Waals surface area contributed by atoms with E-state index in [9.17, 15) is 9.90 Å². The summed E-state index contributed by atoms with van der Waals surface area (Å²) in [6.07, 6.45) is 3.01. The van der Waals surface area contributed by atoms with Crippen molar-refractivity contribution >= 4 is 23.3 Å². The van der Waals surface area contributed by atoms with Crippen molar-refractivity contribution in [2.45, 2.75) is 13.0 Å². The number of aryl methyl sites for hydroxylation is 1. The molecule has 9 nitrogen and oxygen atoms in total. The monoisotopic (exact) mass is 295 g/mol. The normalized spacial score (nSPS) is 12.3. The molecule has 3 N–H and O–H groups in total. The van der Waals surface area contributed by atoms with Crippen molar-refractivity contribution in [3.8, 4) is 0 Å². The number of imidazole rings is 1. The molecular weight excluding hydrogens is 278 g/mol. The predicted octanol–water partition coefficient (Wildman–Crippen LogP) is 0.190. The summed E-state index contributed by atoms with van der Waals surface area (Å²) < 4.78 is 11.0. The summed E-state index contributed by atoms with van der Waals surface area (Å²) in [6, 6.07) is 0. The predicted molar refractivity (Wildman–Crippen MR) is 73.3 cm³/mol. The molecule has 0 saturated carbocycles. The lowest BCUT2D eigenvalue weighted by atomic mass is 10.1. The number of fused-ring (bicyclic) bond motifs is 1. The van der Waals surface area contributed by atoms with Crippen LogP contribution in [-0.4, -0.2) is 51.1 Å². The minimum absolute atomic E-state index is 0.0902. The Hall–Kier alpha value is -2.42. The van der Waals surface area contributed by atoms with Gasteiger partial charge in [-0.1, -0.05) is 0 Å². The van der Waals surface area contributed by atoms with Gasteiger partial charge in [-0.3, -0.25) is 0 Å². The molecule has 0 bridgehead atoms. The quantitative estimate of drug-likeness (QED) is 0.723. The summed E-state index contributed by atoms with van der Waals surface area (Å²) in [5.41, 5.74) is 6.84. The third-order valence-electron chi connectivity index (χ3n) is 3.02. The summed E-state index contributed by atoms with van der Waals surface area (Å²) in [5, 5.41) is 9.30. The van der Waals surface area contributed by atoms with Crippen molar-refractivity contribution in [2.75, 3.05) is 26.1 Å². The molecule has 2 aromatic rings. The van der Waals surface area contributed by atoms with E-state index in [2.05, 4.69) is 19.7 Å². The van der Waals surface area contributed by atoms with Crippen LogP contribution in [0.3, 0.4) is 0 Å². The van der Waals surface area contributed by atoms with E-state index < -0.39 is 6.16 Å². The average molecular weight is 295 g/mol. The van der Waals surface area contributed by atoms with Crippen molar-refractivity contribution in [1.29, 1.82) is 0 Å². The van der Waals surface area contributed by atoms with Crippen molar-refractivity contribution < 1.29 is 19.4 Å². The Bertz CT molecular complexity index is 615. The Morgan fingerprint density at radius 1 is 1.52 bits per heavy atom. The van der Waals surface area contributed by atoms with Crippen molar-refractivity contribution in [1.82, 2.24) is 19.5 Å². The maximum Gasteiger partial charge on any atom is 0.507 e. The van der Waals surface area contributed by atoms with Gasteiger partial charge < -0.3 is 24.9 Å². The van der Waals surface area contributed by atoms with Crippen LogP contribution in [0.4, 0.5) is 10.7 Å². The zero-order valence-corrected chi connectivity index (χ0v) is 11.6. The summed E-state index contributed by atoms with van der Waals surface area (Å²) in [7, 11) is 1.23. The van der Waals surface area contributed by atoms with Gasteiger partial charge in [0.25, 0.3) is 0 Å². The fourth-order valence-electron chi connectivity index (χ4n) is 1.83. The summed E-state index contributed by atoms with van der Waals surface area (Å²) >= 11 is 0. The van der Waals surface area contributed by atoms with E-state index in [1.54, 1.807) is 12.5 Å². The second kappa shape index (κ2) is 6.84. The highest BCUT2D eigenvalue weighted by molar-refractivity contribution is 5.70. The highest BCUT2D eigenvalue weighted by atomic mass is 16.7. The number of aliphatic hydroxyl groups is 1. The summed E-state index contributed by atoms with van der Waals surface area (Å²) in [5.74, 6) is -0.0160. The molecule has 2 rings (SSSR count). The van der Waals surface area contributed by atoms with Crippen molar-refractivity contribution in [2.24, 2.45) is 5.92 Å². The molecule has 1 atom stereocenters. The molecule has 2 aromatic heterocycles. The highest BCUT2D eigenvalue weighted by Gasteiger charge is 2.13.